The Morgan fingerprint density at radius 2 is 1.55 bits per heavy atom. The summed E-state index contributed by atoms with van der Waals surface area (Å²) < 4.78 is 5.54. The van der Waals surface area contributed by atoms with Crippen LogP contribution in [-0.2, 0) is 0 Å². The van der Waals surface area contributed by atoms with E-state index in [1.807, 2.05) is 0 Å². The molecule has 0 aliphatic rings. The molecule has 0 fully saturated rings. The Labute approximate surface area is 142 Å². The van der Waals surface area contributed by atoms with Gasteiger partial charge in [-0.15, -0.1) is 0 Å². The lowest BCUT2D eigenvalue weighted by molar-refractivity contribution is 0.112. The summed E-state index contributed by atoms with van der Waals surface area (Å²) in [5.41, 5.74) is 0.459. The molecule has 0 spiro atoms. The van der Waals surface area contributed by atoms with Gasteiger partial charge in [-0.3, -0.25) is 4.79 Å². The zero-order chi connectivity index (χ0) is 16.0. The summed E-state index contributed by atoms with van der Waals surface area (Å²) in [6.07, 6.45) is 12.1. The summed E-state index contributed by atoms with van der Waals surface area (Å²) in [6, 6.07) is 4.72. The van der Waals surface area contributed by atoms with Crippen LogP contribution < -0.4 is 4.74 Å². The van der Waals surface area contributed by atoms with E-state index < -0.39 is 0 Å². The fraction of sp³-hybridized carbons (Fsp3) is 0.611. The van der Waals surface area contributed by atoms with Gasteiger partial charge in [0.2, 0.25) is 0 Å². The maximum Gasteiger partial charge on any atom is 0.160 e. The second-order valence-electron chi connectivity index (χ2n) is 5.56. The predicted octanol–water partition coefficient (Wildman–Crippen LogP) is 5.49. The summed E-state index contributed by atoms with van der Waals surface area (Å²) in [7, 11) is 0. The zero-order valence-electron chi connectivity index (χ0n) is 13.2. The van der Waals surface area contributed by atoms with Crippen LogP contribution in [0.2, 0.25) is 0 Å². The van der Waals surface area contributed by atoms with Crippen molar-refractivity contribution in [3.05, 3.63) is 23.8 Å². The van der Waals surface area contributed by atoms with Crippen molar-refractivity contribution in [2.24, 2.45) is 0 Å². The number of hydrogen-bond donors (Lipinski definition) is 1. The Morgan fingerprint density at radius 3 is 2.09 bits per heavy atom. The highest BCUT2D eigenvalue weighted by Crippen LogP contribution is 2.26. The number of ether oxygens (including phenoxy) is 1. The van der Waals surface area contributed by atoms with Crippen LogP contribution in [-0.4, -0.2) is 23.3 Å². The van der Waals surface area contributed by atoms with E-state index in [-0.39, 0.29) is 5.75 Å². The van der Waals surface area contributed by atoms with Gasteiger partial charge < -0.3 is 9.84 Å². The Balaban J connectivity index is 1.98. The highest BCUT2D eigenvalue weighted by atomic mass is 79.9. The lowest BCUT2D eigenvalue weighted by atomic mass is 10.1. The first-order valence-corrected chi connectivity index (χ1v) is 9.37. The summed E-state index contributed by atoms with van der Waals surface area (Å²) in [5, 5.41) is 10.8. The summed E-state index contributed by atoms with van der Waals surface area (Å²) in [5.74, 6) is 0.491. The molecule has 0 aliphatic carbocycles. The number of unbranched alkanes of at least 4 members (excludes halogenated alkanes) is 8. The minimum Gasteiger partial charge on any atom is -0.504 e. The van der Waals surface area contributed by atoms with E-state index in [0.29, 0.717) is 24.2 Å². The van der Waals surface area contributed by atoms with Gasteiger partial charge in [-0.25, -0.2) is 0 Å². The van der Waals surface area contributed by atoms with Gasteiger partial charge in [-0.05, 0) is 31.0 Å². The lowest BCUT2D eigenvalue weighted by Gasteiger charge is -2.08. The number of phenols is 1. The van der Waals surface area contributed by atoms with Crippen LogP contribution in [0, 0.1) is 0 Å². The lowest BCUT2D eigenvalue weighted by Crippen LogP contribution is -1.98. The second-order valence-corrected chi connectivity index (χ2v) is 6.36. The molecule has 0 aliphatic heterocycles. The van der Waals surface area contributed by atoms with E-state index in [1.54, 1.807) is 12.1 Å². The highest BCUT2D eigenvalue weighted by Gasteiger charge is 2.03. The molecule has 1 rings (SSSR count). The molecule has 0 unspecified atom stereocenters. The molecule has 22 heavy (non-hydrogen) atoms. The molecule has 0 radical (unpaired) electrons. The topological polar surface area (TPSA) is 46.5 Å². The average molecular weight is 371 g/mol. The Morgan fingerprint density at radius 1 is 0.955 bits per heavy atom. The van der Waals surface area contributed by atoms with Crippen molar-refractivity contribution < 1.29 is 14.6 Å². The zero-order valence-corrected chi connectivity index (χ0v) is 14.8. The largest absolute Gasteiger partial charge is 0.504 e. The van der Waals surface area contributed by atoms with Crippen molar-refractivity contribution in [3.8, 4) is 11.5 Å². The molecule has 4 heteroatoms. The molecule has 0 amide bonds. The molecule has 0 saturated carbocycles. The number of halogens is 1. The molecule has 1 aromatic carbocycles. The number of phenolic OH excluding ortho intramolecular Hbond substituents is 1. The van der Waals surface area contributed by atoms with E-state index in [9.17, 15) is 9.90 Å². The van der Waals surface area contributed by atoms with Crippen molar-refractivity contribution in [1.29, 1.82) is 0 Å². The molecule has 124 valence electrons. The number of aromatic hydroxyl groups is 1. The van der Waals surface area contributed by atoms with Crippen LogP contribution in [0.3, 0.4) is 0 Å². The molecule has 0 bridgehead atoms. The first-order chi connectivity index (χ1) is 10.8. The van der Waals surface area contributed by atoms with Gasteiger partial charge >= 0.3 is 0 Å². The van der Waals surface area contributed by atoms with Crippen LogP contribution in [0.1, 0.15) is 68.1 Å². The van der Waals surface area contributed by atoms with E-state index in [1.165, 1.54) is 51.0 Å². The van der Waals surface area contributed by atoms with Gasteiger partial charge in [0.25, 0.3) is 0 Å². The van der Waals surface area contributed by atoms with Crippen molar-refractivity contribution in [1.82, 2.24) is 0 Å². The Hall–Kier alpha value is -1.03. The molecular formula is C18H27BrO3. The van der Waals surface area contributed by atoms with Crippen molar-refractivity contribution >= 4 is 22.2 Å². The monoisotopic (exact) mass is 370 g/mol. The normalized spacial score (nSPS) is 10.6. The van der Waals surface area contributed by atoms with Gasteiger partial charge in [-0.1, -0.05) is 60.9 Å². The standard InChI is InChI=1S/C18H27BrO3/c19-12-8-6-4-2-1-3-5-7-9-13-22-18-11-10-16(15-20)14-17(18)21/h10-11,14-15,21H,1-9,12-13H2. The van der Waals surface area contributed by atoms with Crippen LogP contribution in [0.5, 0.6) is 11.5 Å². The van der Waals surface area contributed by atoms with Crippen molar-refractivity contribution in [2.45, 2.75) is 57.8 Å². The maximum atomic E-state index is 10.6. The number of alkyl halides is 1. The minimum absolute atomic E-state index is 0.0353. The van der Waals surface area contributed by atoms with Gasteiger partial charge in [0, 0.05) is 10.9 Å². The van der Waals surface area contributed by atoms with E-state index >= 15 is 0 Å². The van der Waals surface area contributed by atoms with Crippen molar-refractivity contribution in [2.75, 3.05) is 11.9 Å². The van der Waals surface area contributed by atoms with E-state index in [0.717, 1.165) is 18.2 Å². The number of carbonyl (C=O) groups is 1. The van der Waals surface area contributed by atoms with Gasteiger partial charge in [0.15, 0.2) is 11.5 Å². The summed E-state index contributed by atoms with van der Waals surface area (Å²) in [4.78, 5) is 10.6. The van der Waals surface area contributed by atoms with Crippen LogP contribution in [0.4, 0.5) is 0 Å². The molecule has 0 aromatic heterocycles. The average Bonchev–Trinajstić information content (AvgIpc) is 2.53. The highest BCUT2D eigenvalue weighted by molar-refractivity contribution is 9.09. The SMILES string of the molecule is O=Cc1ccc(OCCCCCCCCCCCBr)c(O)c1. The Kier molecular flexibility index (Phi) is 10.8. The second kappa shape index (κ2) is 12.5. The van der Waals surface area contributed by atoms with Gasteiger partial charge in [0.1, 0.15) is 6.29 Å². The smallest absolute Gasteiger partial charge is 0.160 e. The van der Waals surface area contributed by atoms with Gasteiger partial charge in [-0.2, -0.15) is 0 Å². The summed E-state index contributed by atoms with van der Waals surface area (Å²) in [6.45, 7) is 0.610. The van der Waals surface area contributed by atoms with Crippen LogP contribution in [0.15, 0.2) is 18.2 Å². The molecule has 0 heterocycles. The fourth-order valence-corrected chi connectivity index (χ4v) is 2.74. The Bertz CT molecular complexity index is 421. The third-order valence-corrected chi connectivity index (χ3v) is 4.22. The van der Waals surface area contributed by atoms with Crippen LogP contribution in [0.25, 0.3) is 0 Å². The first kappa shape index (κ1) is 19.0. The van der Waals surface area contributed by atoms with Crippen molar-refractivity contribution in [3.63, 3.8) is 0 Å². The number of benzene rings is 1. The van der Waals surface area contributed by atoms with Gasteiger partial charge in [0.05, 0.1) is 6.61 Å². The fourth-order valence-electron chi connectivity index (χ4n) is 2.35. The minimum atomic E-state index is 0.0353. The molecule has 0 atom stereocenters. The third-order valence-electron chi connectivity index (χ3n) is 3.65. The van der Waals surface area contributed by atoms with E-state index in [4.69, 9.17) is 4.74 Å². The number of hydrogen-bond acceptors (Lipinski definition) is 3. The molecule has 1 aromatic rings. The van der Waals surface area contributed by atoms with E-state index in [2.05, 4.69) is 15.9 Å². The molecule has 0 saturated heterocycles. The molecular weight excluding hydrogens is 344 g/mol. The predicted molar refractivity (Wildman–Crippen MR) is 94.3 cm³/mol. The summed E-state index contributed by atoms with van der Waals surface area (Å²) >= 11 is 3.45. The van der Waals surface area contributed by atoms with Crippen LogP contribution >= 0.6 is 15.9 Å². The molecule has 1 N–H and O–H groups in total. The maximum absolute atomic E-state index is 10.6. The number of carbonyl (C=O) groups excluding carboxylic acids is 1. The third kappa shape index (κ3) is 8.42. The molecule has 3 nitrogen and oxygen atoms in total. The first-order valence-electron chi connectivity index (χ1n) is 8.25. The quantitative estimate of drug-likeness (QED) is 0.283. The number of aldehydes is 1. The number of rotatable bonds is 13.